The van der Waals surface area contributed by atoms with Crippen molar-refractivity contribution in [3.05, 3.63) is 42.5 Å². The minimum Gasteiger partial charge on any atom is -0.358 e. The molecule has 1 amide bonds. The van der Waals surface area contributed by atoms with E-state index in [4.69, 9.17) is 14.7 Å². The van der Waals surface area contributed by atoms with E-state index in [1.165, 1.54) is 11.4 Å². The van der Waals surface area contributed by atoms with Crippen molar-refractivity contribution in [2.75, 3.05) is 34.8 Å². The third-order valence-electron chi connectivity index (χ3n) is 7.71. The van der Waals surface area contributed by atoms with E-state index in [1.54, 1.807) is 29.1 Å². The van der Waals surface area contributed by atoms with E-state index in [0.29, 0.717) is 40.7 Å². The Labute approximate surface area is 242 Å². The predicted molar refractivity (Wildman–Crippen MR) is 158 cm³/mol. The maximum absolute atomic E-state index is 13.6. The number of sulfonamides is 1. The maximum Gasteiger partial charge on any atom is 0.232 e. The molecule has 1 aliphatic carbocycles. The first-order valence-electron chi connectivity index (χ1n) is 13.8. The summed E-state index contributed by atoms with van der Waals surface area (Å²) in [4.78, 5) is 22.2. The molecule has 1 saturated heterocycles. The van der Waals surface area contributed by atoms with Gasteiger partial charge < -0.3 is 15.4 Å². The van der Waals surface area contributed by atoms with Crippen molar-refractivity contribution < 1.29 is 22.3 Å². The van der Waals surface area contributed by atoms with Gasteiger partial charge in [0.1, 0.15) is 29.6 Å². The number of amides is 1. The first kappa shape index (κ1) is 28.1. The fourth-order valence-electron chi connectivity index (χ4n) is 5.23. The van der Waals surface area contributed by atoms with Gasteiger partial charge >= 0.3 is 0 Å². The van der Waals surface area contributed by atoms with Crippen LogP contribution in [0.5, 0.6) is 0 Å². The van der Waals surface area contributed by atoms with Crippen molar-refractivity contribution in [2.24, 2.45) is 13.0 Å². The van der Waals surface area contributed by atoms with Crippen LogP contribution in [0.1, 0.15) is 37.7 Å². The van der Waals surface area contributed by atoms with Crippen LogP contribution in [-0.2, 0) is 26.6 Å². The zero-order valence-corrected chi connectivity index (χ0v) is 24.7. The number of alkyl halides is 1. The number of halogens is 1. The van der Waals surface area contributed by atoms with E-state index in [1.807, 2.05) is 30.8 Å². The Morgan fingerprint density at radius 3 is 2.60 bits per heavy atom. The standard InChI is InChI=1S/C28H33FN8O4S/c1-16-31-26-22(32-21-9-8-17(18-14-30-35(2)15-18)11-23(21)36(3)42(4,39)40)13-24(34-28(38)19-12-20(19)29)33-27(26)37(16)25-7-5-6-10-41-25/h8-9,11,13-15,19-20,25H,5-7,10,12H2,1-4H3,(H2,32,33,34,38)/t19?,20-,25?/m0/s1. The molecule has 2 aliphatic rings. The quantitative estimate of drug-likeness (QED) is 0.308. The summed E-state index contributed by atoms with van der Waals surface area (Å²) in [5.74, 6) is -0.212. The molecular weight excluding hydrogens is 563 g/mol. The van der Waals surface area contributed by atoms with Gasteiger partial charge in [0.25, 0.3) is 0 Å². The van der Waals surface area contributed by atoms with Crippen molar-refractivity contribution in [3.8, 4) is 11.1 Å². The van der Waals surface area contributed by atoms with Gasteiger partial charge in [-0.25, -0.2) is 22.8 Å². The van der Waals surface area contributed by atoms with Crippen LogP contribution in [0.2, 0.25) is 0 Å². The number of benzene rings is 1. The van der Waals surface area contributed by atoms with Crippen molar-refractivity contribution in [1.29, 1.82) is 0 Å². The SMILES string of the molecule is Cc1nc2c(Nc3ccc(-c4cnn(C)c4)cc3N(C)S(C)(=O)=O)cc(NC(=O)C3C[C@@H]3F)nc2n1C1CCCCO1. The van der Waals surface area contributed by atoms with Crippen molar-refractivity contribution >= 4 is 50.0 Å². The van der Waals surface area contributed by atoms with E-state index in [-0.39, 0.29) is 18.5 Å². The van der Waals surface area contributed by atoms with Gasteiger partial charge in [0.15, 0.2) is 5.65 Å². The number of nitrogens with zero attached hydrogens (tertiary/aromatic N) is 6. The number of rotatable bonds is 8. The number of hydrogen-bond acceptors (Lipinski definition) is 8. The fraction of sp³-hybridized carbons (Fsp3) is 0.429. The highest BCUT2D eigenvalue weighted by Gasteiger charge is 2.44. The lowest BCUT2D eigenvalue weighted by atomic mass is 10.1. The number of nitrogens with one attached hydrogen (secondary N) is 2. The number of aromatic nitrogens is 5. The molecule has 222 valence electrons. The summed E-state index contributed by atoms with van der Waals surface area (Å²) in [6, 6.07) is 7.06. The van der Waals surface area contributed by atoms with Crippen molar-refractivity contribution in [1.82, 2.24) is 24.3 Å². The number of anilines is 4. The average molecular weight is 597 g/mol. The summed E-state index contributed by atoms with van der Waals surface area (Å²) in [5.41, 5.74) is 4.03. The molecule has 2 unspecified atom stereocenters. The number of imidazole rings is 1. The van der Waals surface area contributed by atoms with E-state index in [2.05, 4.69) is 15.7 Å². The normalized spacial score (nSPS) is 20.5. The molecule has 1 aliphatic heterocycles. The molecule has 14 heteroatoms. The largest absolute Gasteiger partial charge is 0.358 e. The summed E-state index contributed by atoms with van der Waals surface area (Å²) in [6.07, 6.45) is 6.22. The van der Waals surface area contributed by atoms with Crippen LogP contribution in [0, 0.1) is 12.8 Å². The van der Waals surface area contributed by atoms with Crippen LogP contribution in [0.15, 0.2) is 36.7 Å². The van der Waals surface area contributed by atoms with Crippen molar-refractivity contribution in [3.63, 3.8) is 0 Å². The van der Waals surface area contributed by atoms with Crippen molar-refractivity contribution in [2.45, 2.75) is 45.0 Å². The molecule has 0 bridgehead atoms. The molecule has 12 nitrogen and oxygen atoms in total. The zero-order valence-electron chi connectivity index (χ0n) is 23.8. The number of hydrogen-bond donors (Lipinski definition) is 2. The Bertz CT molecular complexity index is 1780. The molecule has 1 aromatic carbocycles. The number of carbonyl (C=O) groups excluding carboxylic acids is 1. The topological polar surface area (TPSA) is 136 Å². The summed E-state index contributed by atoms with van der Waals surface area (Å²) in [6.45, 7) is 2.49. The molecule has 4 aromatic rings. The molecular formula is C28H33FN8O4S. The van der Waals surface area contributed by atoms with Crippen LogP contribution < -0.4 is 14.9 Å². The van der Waals surface area contributed by atoms with Gasteiger partial charge in [-0.1, -0.05) is 6.07 Å². The molecule has 3 aromatic heterocycles. The minimum absolute atomic E-state index is 0.191. The Kier molecular flexibility index (Phi) is 7.13. The Morgan fingerprint density at radius 2 is 1.95 bits per heavy atom. The number of ether oxygens (including phenoxy) is 1. The van der Waals surface area contributed by atoms with Crippen LogP contribution in [0.25, 0.3) is 22.3 Å². The molecule has 1 saturated carbocycles. The van der Waals surface area contributed by atoms with Gasteiger partial charge in [-0.3, -0.25) is 18.3 Å². The summed E-state index contributed by atoms with van der Waals surface area (Å²) in [5, 5.41) is 10.3. The lowest BCUT2D eigenvalue weighted by Crippen LogP contribution is -2.25. The van der Waals surface area contributed by atoms with Gasteiger partial charge in [-0.05, 0) is 50.3 Å². The maximum atomic E-state index is 13.6. The summed E-state index contributed by atoms with van der Waals surface area (Å²) in [7, 11) is -0.330. The number of carbonyl (C=O) groups is 1. The highest BCUT2D eigenvalue weighted by molar-refractivity contribution is 7.92. The molecule has 4 heterocycles. The van der Waals surface area contributed by atoms with Gasteiger partial charge in [-0.15, -0.1) is 0 Å². The highest BCUT2D eigenvalue weighted by Crippen LogP contribution is 2.39. The number of aryl methyl sites for hydroxylation is 2. The number of pyridine rings is 1. The van der Waals surface area contributed by atoms with E-state index in [9.17, 15) is 17.6 Å². The van der Waals surface area contributed by atoms with Gasteiger partial charge in [0, 0.05) is 38.5 Å². The van der Waals surface area contributed by atoms with Crippen LogP contribution in [0.4, 0.5) is 27.3 Å². The second kappa shape index (κ2) is 10.7. The van der Waals surface area contributed by atoms with Crippen LogP contribution in [0.3, 0.4) is 0 Å². The van der Waals surface area contributed by atoms with E-state index < -0.39 is 28.0 Å². The molecule has 42 heavy (non-hydrogen) atoms. The molecule has 0 spiro atoms. The lowest BCUT2D eigenvalue weighted by molar-refractivity contribution is -0.117. The first-order valence-corrected chi connectivity index (χ1v) is 15.6. The smallest absolute Gasteiger partial charge is 0.232 e. The third-order valence-corrected chi connectivity index (χ3v) is 8.90. The highest BCUT2D eigenvalue weighted by atomic mass is 32.2. The second-order valence-electron chi connectivity index (χ2n) is 10.9. The second-order valence-corrected chi connectivity index (χ2v) is 12.9. The lowest BCUT2D eigenvalue weighted by Gasteiger charge is -2.25. The van der Waals surface area contributed by atoms with Gasteiger partial charge in [0.2, 0.25) is 15.9 Å². The Hall–Kier alpha value is -4.04. The molecule has 0 radical (unpaired) electrons. The predicted octanol–water partition coefficient (Wildman–Crippen LogP) is 4.28. The molecule has 2 N–H and O–H groups in total. The first-order chi connectivity index (χ1) is 20.0. The van der Waals surface area contributed by atoms with Crippen LogP contribution in [-0.4, -0.2) is 64.7 Å². The zero-order chi connectivity index (χ0) is 29.8. The number of fused-ring (bicyclic) bond motifs is 1. The Morgan fingerprint density at radius 1 is 1.17 bits per heavy atom. The van der Waals surface area contributed by atoms with Gasteiger partial charge in [-0.2, -0.15) is 5.10 Å². The van der Waals surface area contributed by atoms with E-state index >= 15 is 0 Å². The fourth-order valence-corrected chi connectivity index (χ4v) is 5.74. The monoisotopic (exact) mass is 596 g/mol. The average Bonchev–Trinajstić information content (AvgIpc) is 3.36. The molecule has 2 fully saturated rings. The molecule has 3 atom stereocenters. The summed E-state index contributed by atoms with van der Waals surface area (Å²) < 4.78 is 49.8. The van der Waals surface area contributed by atoms with E-state index in [0.717, 1.165) is 36.6 Å². The molecule has 6 rings (SSSR count). The summed E-state index contributed by atoms with van der Waals surface area (Å²) >= 11 is 0. The van der Waals surface area contributed by atoms with Gasteiger partial charge in [0.05, 0.1) is 35.4 Å². The Balaban J connectivity index is 1.46. The minimum atomic E-state index is -3.62. The van der Waals surface area contributed by atoms with Crippen LogP contribution >= 0.6 is 0 Å². The third kappa shape index (κ3) is 5.43.